The molecular formula is C26H19ClN2O4. The number of ketones is 1. The van der Waals surface area contributed by atoms with Crippen LogP contribution in [0.15, 0.2) is 88.8 Å². The second kappa shape index (κ2) is 8.22. The molecule has 7 heteroatoms. The van der Waals surface area contributed by atoms with Gasteiger partial charge in [-0.3, -0.25) is 19.5 Å². The first-order valence-electron chi connectivity index (χ1n) is 10.5. The molecule has 164 valence electrons. The van der Waals surface area contributed by atoms with Crippen LogP contribution in [0.4, 0.5) is 5.69 Å². The van der Waals surface area contributed by atoms with E-state index in [2.05, 4.69) is 4.98 Å². The minimum atomic E-state index is -0.858. The molecule has 0 spiro atoms. The molecule has 0 aliphatic carbocycles. The normalized spacial score (nSPS) is 16.1. The first-order chi connectivity index (χ1) is 16.0. The first kappa shape index (κ1) is 21.0. The number of carbonyl (C=O) groups excluding carboxylic acids is 2. The molecule has 1 aliphatic heterocycles. The Kier molecular flexibility index (Phi) is 5.23. The lowest BCUT2D eigenvalue weighted by molar-refractivity contribution is -0.117. The lowest BCUT2D eigenvalue weighted by Gasteiger charge is -2.26. The van der Waals surface area contributed by atoms with Crippen LogP contribution in [0.5, 0.6) is 0 Å². The Balaban J connectivity index is 1.63. The van der Waals surface area contributed by atoms with Gasteiger partial charge < -0.3 is 9.52 Å². The van der Waals surface area contributed by atoms with Crippen molar-refractivity contribution in [1.82, 2.24) is 4.98 Å². The number of benzene rings is 2. The van der Waals surface area contributed by atoms with Crippen molar-refractivity contribution in [2.75, 3.05) is 4.90 Å². The van der Waals surface area contributed by atoms with Gasteiger partial charge >= 0.3 is 0 Å². The second-order valence-corrected chi connectivity index (χ2v) is 8.20. The van der Waals surface area contributed by atoms with Crippen LogP contribution in [0.3, 0.4) is 0 Å². The molecule has 1 aliphatic rings. The summed E-state index contributed by atoms with van der Waals surface area (Å²) >= 11 is 6.05. The van der Waals surface area contributed by atoms with Crippen LogP contribution in [-0.4, -0.2) is 21.8 Å². The predicted octanol–water partition coefficient (Wildman–Crippen LogP) is 5.83. The van der Waals surface area contributed by atoms with Gasteiger partial charge in [0.05, 0.1) is 11.6 Å². The number of pyridine rings is 1. The number of aromatic nitrogens is 1. The van der Waals surface area contributed by atoms with Crippen molar-refractivity contribution in [2.24, 2.45) is 0 Å². The van der Waals surface area contributed by atoms with Crippen molar-refractivity contribution in [3.63, 3.8) is 0 Å². The molecule has 33 heavy (non-hydrogen) atoms. The fourth-order valence-electron chi connectivity index (χ4n) is 4.11. The zero-order valence-electron chi connectivity index (χ0n) is 17.7. The number of Topliss-reactive ketones (excluding diaryl/α,β-unsaturated/α-hetero) is 1. The van der Waals surface area contributed by atoms with Crippen molar-refractivity contribution < 1.29 is 19.1 Å². The largest absolute Gasteiger partial charge is 0.503 e. The summed E-state index contributed by atoms with van der Waals surface area (Å²) in [5.41, 5.74) is 2.70. The van der Waals surface area contributed by atoms with Crippen LogP contribution in [0.2, 0.25) is 5.02 Å². The van der Waals surface area contributed by atoms with E-state index in [-0.39, 0.29) is 11.3 Å². The van der Waals surface area contributed by atoms with E-state index in [9.17, 15) is 14.7 Å². The number of fused-ring (bicyclic) bond motifs is 1. The van der Waals surface area contributed by atoms with Gasteiger partial charge in [0.2, 0.25) is 5.78 Å². The topological polar surface area (TPSA) is 83.6 Å². The molecule has 4 aromatic rings. The fraction of sp³-hybridized carbons (Fsp3) is 0.115. The van der Waals surface area contributed by atoms with Gasteiger partial charge in [-0.15, -0.1) is 0 Å². The molecule has 1 atom stereocenters. The summed E-state index contributed by atoms with van der Waals surface area (Å²) in [5, 5.41) is 12.0. The Morgan fingerprint density at radius 2 is 1.94 bits per heavy atom. The summed E-state index contributed by atoms with van der Waals surface area (Å²) in [6.45, 7) is 2.04. The molecule has 0 saturated heterocycles. The molecule has 6 nitrogen and oxygen atoms in total. The number of hydrogen-bond acceptors (Lipinski definition) is 5. The summed E-state index contributed by atoms with van der Waals surface area (Å²) in [6, 6.07) is 16.7. The van der Waals surface area contributed by atoms with E-state index < -0.39 is 23.5 Å². The summed E-state index contributed by atoms with van der Waals surface area (Å²) in [5.74, 6) is -1.82. The standard InChI is InChI=1S/C26H19ClN2O4/c1-2-15-5-8-19(9-6-15)29-23(16-4-3-11-28-14-16)22(25(31)26(29)32)24(30)21-13-17-12-18(27)7-10-20(17)33-21/h3-14,23,31H,2H2,1H3. The van der Waals surface area contributed by atoms with Gasteiger partial charge in [0.1, 0.15) is 5.58 Å². The highest BCUT2D eigenvalue weighted by molar-refractivity contribution is 6.31. The van der Waals surface area contributed by atoms with Crippen LogP contribution >= 0.6 is 11.6 Å². The number of amides is 1. The third-order valence-corrected chi connectivity index (χ3v) is 6.01. The third kappa shape index (κ3) is 3.58. The van der Waals surface area contributed by atoms with Gasteiger partial charge in [-0.05, 0) is 60.0 Å². The van der Waals surface area contributed by atoms with E-state index in [1.54, 1.807) is 48.8 Å². The van der Waals surface area contributed by atoms with Crippen molar-refractivity contribution in [2.45, 2.75) is 19.4 Å². The highest BCUT2D eigenvalue weighted by Gasteiger charge is 2.45. The number of anilines is 1. The maximum absolute atomic E-state index is 13.6. The van der Waals surface area contributed by atoms with Crippen molar-refractivity contribution in [3.05, 3.63) is 106 Å². The first-order valence-corrected chi connectivity index (χ1v) is 10.8. The van der Waals surface area contributed by atoms with E-state index in [4.69, 9.17) is 16.0 Å². The average Bonchev–Trinajstić information content (AvgIpc) is 3.38. The highest BCUT2D eigenvalue weighted by Crippen LogP contribution is 2.42. The monoisotopic (exact) mass is 458 g/mol. The van der Waals surface area contributed by atoms with E-state index in [1.165, 1.54) is 4.90 Å². The van der Waals surface area contributed by atoms with Crippen LogP contribution < -0.4 is 4.90 Å². The SMILES string of the molecule is CCc1ccc(N2C(=O)C(O)=C(C(=O)c3cc4cc(Cl)ccc4o3)C2c2cccnc2)cc1. The fourth-order valence-corrected chi connectivity index (χ4v) is 4.29. The van der Waals surface area contributed by atoms with Crippen LogP contribution in [0, 0.1) is 0 Å². The number of rotatable bonds is 5. The van der Waals surface area contributed by atoms with Crippen molar-refractivity contribution in [3.8, 4) is 0 Å². The quantitative estimate of drug-likeness (QED) is 0.380. The van der Waals surface area contributed by atoms with Gasteiger partial charge in [0.15, 0.2) is 11.5 Å². The number of aryl methyl sites for hydroxylation is 1. The zero-order chi connectivity index (χ0) is 23.1. The molecule has 1 unspecified atom stereocenters. The van der Waals surface area contributed by atoms with E-state index in [0.29, 0.717) is 27.2 Å². The zero-order valence-corrected chi connectivity index (χ0v) is 18.4. The number of aliphatic hydroxyl groups excluding tert-OH is 1. The van der Waals surface area contributed by atoms with Crippen molar-refractivity contribution in [1.29, 1.82) is 0 Å². The van der Waals surface area contributed by atoms with Gasteiger partial charge in [-0.1, -0.05) is 36.7 Å². The van der Waals surface area contributed by atoms with E-state index >= 15 is 0 Å². The number of hydrogen-bond donors (Lipinski definition) is 1. The summed E-state index contributed by atoms with van der Waals surface area (Å²) in [7, 11) is 0. The number of furan rings is 1. The second-order valence-electron chi connectivity index (χ2n) is 7.77. The number of carbonyl (C=O) groups is 2. The predicted molar refractivity (Wildman–Crippen MR) is 125 cm³/mol. The summed E-state index contributed by atoms with van der Waals surface area (Å²) in [6.07, 6.45) is 4.04. The average molecular weight is 459 g/mol. The third-order valence-electron chi connectivity index (χ3n) is 5.78. The molecule has 2 aromatic carbocycles. The summed E-state index contributed by atoms with van der Waals surface area (Å²) in [4.78, 5) is 32.3. The Morgan fingerprint density at radius 3 is 2.64 bits per heavy atom. The van der Waals surface area contributed by atoms with Gasteiger partial charge in [0, 0.05) is 28.5 Å². The Bertz CT molecular complexity index is 1410. The Morgan fingerprint density at radius 1 is 1.15 bits per heavy atom. The van der Waals surface area contributed by atoms with Crippen LogP contribution in [0.1, 0.15) is 34.6 Å². The number of halogens is 1. The molecule has 0 fully saturated rings. The number of nitrogens with zero attached hydrogens (tertiary/aromatic N) is 2. The van der Waals surface area contributed by atoms with E-state index in [1.807, 2.05) is 31.2 Å². The lowest BCUT2D eigenvalue weighted by Crippen LogP contribution is -2.31. The highest BCUT2D eigenvalue weighted by atomic mass is 35.5. The molecule has 0 saturated carbocycles. The maximum atomic E-state index is 13.6. The molecule has 2 aromatic heterocycles. The maximum Gasteiger partial charge on any atom is 0.294 e. The van der Waals surface area contributed by atoms with Gasteiger partial charge in [-0.2, -0.15) is 0 Å². The minimum Gasteiger partial charge on any atom is -0.503 e. The van der Waals surface area contributed by atoms with E-state index in [0.717, 1.165) is 12.0 Å². The molecule has 0 bridgehead atoms. The number of aliphatic hydroxyl groups is 1. The lowest BCUT2D eigenvalue weighted by atomic mass is 9.95. The Labute approximate surface area is 194 Å². The molecule has 5 rings (SSSR count). The molecule has 1 amide bonds. The molecule has 3 heterocycles. The molecule has 1 N–H and O–H groups in total. The minimum absolute atomic E-state index is 0.0127. The smallest absolute Gasteiger partial charge is 0.294 e. The molecular weight excluding hydrogens is 440 g/mol. The molecule has 0 radical (unpaired) electrons. The van der Waals surface area contributed by atoms with Crippen LogP contribution in [-0.2, 0) is 11.2 Å². The van der Waals surface area contributed by atoms with Gasteiger partial charge in [0.25, 0.3) is 5.91 Å². The Hall–Kier alpha value is -3.90. The van der Waals surface area contributed by atoms with Crippen LogP contribution in [0.25, 0.3) is 11.0 Å². The van der Waals surface area contributed by atoms with Gasteiger partial charge in [-0.25, -0.2) is 0 Å². The van der Waals surface area contributed by atoms with Crippen molar-refractivity contribution >= 4 is 39.9 Å². The summed E-state index contributed by atoms with van der Waals surface area (Å²) < 4.78 is 5.74.